The van der Waals surface area contributed by atoms with E-state index in [1.54, 1.807) is 18.1 Å². The van der Waals surface area contributed by atoms with Crippen LogP contribution in [0.15, 0.2) is 30.5 Å². The van der Waals surface area contributed by atoms with Gasteiger partial charge in [0.15, 0.2) is 5.82 Å². The van der Waals surface area contributed by atoms with Crippen molar-refractivity contribution in [3.8, 4) is 5.75 Å². The number of fused-ring (bicyclic) bond motifs is 1. The predicted molar refractivity (Wildman–Crippen MR) is 154 cm³/mol. The van der Waals surface area contributed by atoms with E-state index in [2.05, 4.69) is 20.5 Å². The molecule has 0 bridgehead atoms. The molecule has 1 amide bonds. The summed E-state index contributed by atoms with van der Waals surface area (Å²) in [6, 6.07) is 8.05. The Kier molecular flexibility index (Phi) is 10.4. The third kappa shape index (κ3) is 7.81. The minimum absolute atomic E-state index is 0.0719. The van der Waals surface area contributed by atoms with Crippen LogP contribution in [0.5, 0.6) is 5.75 Å². The molecule has 2 aromatic rings. The number of nitrogens with one attached hydrogen (secondary N) is 2. The number of benzene rings is 1. The highest BCUT2D eigenvalue weighted by Crippen LogP contribution is 2.36. The minimum atomic E-state index is 0.0719. The number of likely N-dealkylation sites (N-methyl/N-ethyl adjacent to an activating group) is 1. The molecule has 3 heterocycles. The summed E-state index contributed by atoms with van der Waals surface area (Å²) in [5, 5.41) is 6.63. The number of carbonyl (C=O) groups is 1. The second kappa shape index (κ2) is 14.6. The van der Waals surface area contributed by atoms with Gasteiger partial charge in [0.1, 0.15) is 18.0 Å². The average Bonchev–Trinajstić information content (AvgIpc) is 3.52. The van der Waals surface area contributed by atoms with Crippen LogP contribution in [0.2, 0.25) is 0 Å². The smallest absolute Gasteiger partial charge is 0.246 e. The van der Waals surface area contributed by atoms with Gasteiger partial charge in [-0.2, -0.15) is 4.98 Å². The fourth-order valence-electron chi connectivity index (χ4n) is 5.42. The number of anilines is 4. The Morgan fingerprint density at radius 2 is 1.75 bits per heavy atom. The summed E-state index contributed by atoms with van der Waals surface area (Å²) in [5.41, 5.74) is 1.58. The molecule has 11 heteroatoms. The average molecular weight is 555 g/mol. The lowest BCUT2D eigenvalue weighted by Gasteiger charge is -2.37. The molecule has 5 rings (SSSR count). The van der Waals surface area contributed by atoms with Crippen molar-refractivity contribution in [2.45, 2.75) is 50.7 Å². The minimum Gasteiger partial charge on any atom is -0.491 e. The number of hydrogen-bond acceptors (Lipinski definition) is 10. The maximum Gasteiger partial charge on any atom is 0.246 e. The molecule has 11 nitrogen and oxygen atoms in total. The van der Waals surface area contributed by atoms with Gasteiger partial charge in [0.05, 0.1) is 51.9 Å². The number of hydrogen-bond donors (Lipinski definition) is 2. The van der Waals surface area contributed by atoms with Gasteiger partial charge in [-0.1, -0.05) is 18.9 Å². The zero-order valence-electron chi connectivity index (χ0n) is 23.5. The summed E-state index contributed by atoms with van der Waals surface area (Å²) in [6.45, 7) is 5.62. The fraction of sp³-hybridized carbons (Fsp3) is 0.621. The van der Waals surface area contributed by atoms with E-state index in [1.807, 2.05) is 24.3 Å². The van der Waals surface area contributed by atoms with Crippen LogP contribution in [0.4, 0.5) is 23.1 Å². The molecule has 0 atom stereocenters. The molecule has 2 N–H and O–H groups in total. The molecule has 2 aliphatic heterocycles. The number of rotatable bonds is 14. The molecule has 1 saturated heterocycles. The second-order valence-corrected chi connectivity index (χ2v) is 10.5. The molecule has 0 radical (unpaired) electrons. The zero-order chi connectivity index (χ0) is 27.6. The highest BCUT2D eigenvalue weighted by molar-refractivity contribution is 6.02. The molecule has 1 aromatic heterocycles. The van der Waals surface area contributed by atoms with Crippen LogP contribution in [0.3, 0.4) is 0 Å². The van der Waals surface area contributed by atoms with Gasteiger partial charge in [-0.15, -0.1) is 0 Å². The third-order valence-corrected chi connectivity index (χ3v) is 7.65. The summed E-state index contributed by atoms with van der Waals surface area (Å²) >= 11 is 0. The van der Waals surface area contributed by atoms with E-state index in [1.165, 1.54) is 12.8 Å². The van der Waals surface area contributed by atoms with E-state index in [4.69, 9.17) is 23.9 Å². The molecule has 3 aliphatic rings. The monoisotopic (exact) mass is 554 g/mol. The Morgan fingerprint density at radius 1 is 1.00 bits per heavy atom. The predicted octanol–water partition coefficient (Wildman–Crippen LogP) is 3.13. The molecule has 40 heavy (non-hydrogen) atoms. The number of ether oxygens (including phenoxy) is 4. The summed E-state index contributed by atoms with van der Waals surface area (Å²) in [7, 11) is 1.78. The highest BCUT2D eigenvalue weighted by atomic mass is 16.6. The van der Waals surface area contributed by atoms with E-state index in [-0.39, 0.29) is 5.91 Å². The van der Waals surface area contributed by atoms with Crippen LogP contribution < -0.4 is 25.2 Å². The van der Waals surface area contributed by atoms with Crippen LogP contribution >= 0.6 is 0 Å². The third-order valence-electron chi connectivity index (χ3n) is 7.65. The van der Waals surface area contributed by atoms with Gasteiger partial charge in [-0.3, -0.25) is 4.79 Å². The lowest BCUT2D eigenvalue weighted by Crippen LogP contribution is -2.48. The van der Waals surface area contributed by atoms with Gasteiger partial charge in [0.2, 0.25) is 11.9 Å². The van der Waals surface area contributed by atoms with Crippen molar-refractivity contribution in [2.75, 3.05) is 81.4 Å². The van der Waals surface area contributed by atoms with E-state index in [0.717, 1.165) is 61.7 Å². The first kappa shape index (κ1) is 28.5. The molecule has 218 valence electrons. The molecular formula is C29H42N6O5. The summed E-state index contributed by atoms with van der Waals surface area (Å²) in [4.78, 5) is 25.7. The van der Waals surface area contributed by atoms with Gasteiger partial charge >= 0.3 is 0 Å². The lowest BCUT2D eigenvalue weighted by molar-refractivity contribution is -0.117. The number of aromatic nitrogens is 2. The van der Waals surface area contributed by atoms with Crippen molar-refractivity contribution in [1.82, 2.24) is 15.3 Å². The molecule has 0 unspecified atom stereocenters. The van der Waals surface area contributed by atoms with Crippen LogP contribution in [0, 0.1) is 0 Å². The van der Waals surface area contributed by atoms with E-state index >= 15 is 0 Å². The van der Waals surface area contributed by atoms with Crippen LogP contribution in [0.1, 0.15) is 38.5 Å². The lowest BCUT2D eigenvalue weighted by atomic mass is 10.1. The quantitative estimate of drug-likeness (QED) is 0.338. The van der Waals surface area contributed by atoms with Gasteiger partial charge in [0.25, 0.3) is 0 Å². The summed E-state index contributed by atoms with van der Waals surface area (Å²) < 4.78 is 22.9. The highest BCUT2D eigenvalue weighted by Gasteiger charge is 2.34. The first-order valence-corrected chi connectivity index (χ1v) is 14.6. The molecule has 1 aliphatic carbocycles. The van der Waals surface area contributed by atoms with Crippen molar-refractivity contribution in [3.05, 3.63) is 30.5 Å². The van der Waals surface area contributed by atoms with Crippen LogP contribution in [-0.2, 0) is 19.0 Å². The second-order valence-electron chi connectivity index (χ2n) is 10.5. The maximum absolute atomic E-state index is 12.6. The van der Waals surface area contributed by atoms with Gasteiger partial charge < -0.3 is 39.4 Å². The van der Waals surface area contributed by atoms with Crippen LogP contribution in [0.25, 0.3) is 0 Å². The van der Waals surface area contributed by atoms with Gasteiger partial charge in [-0.25, -0.2) is 4.98 Å². The number of nitrogens with zero attached hydrogens (tertiary/aromatic N) is 4. The Labute approximate surface area is 236 Å². The Hall–Kier alpha value is -2.99. The number of carbonyl (C=O) groups excluding carboxylic acids is 1. The van der Waals surface area contributed by atoms with E-state index in [0.29, 0.717) is 64.3 Å². The normalized spacial score (nSPS) is 18.3. The van der Waals surface area contributed by atoms with Crippen molar-refractivity contribution in [2.24, 2.45) is 0 Å². The zero-order valence-corrected chi connectivity index (χ0v) is 23.5. The topological polar surface area (TPSA) is 110 Å². The standard InChI is InChI=1S/C29H42N6O5/c1-34-26-20-31-29(33-28(26)35(21-27(34)36)23-6-2-3-7-23)32-22-5-4-8-25(19-22)40-18-16-38-14-13-37-15-17-39-24-9-11-30-12-10-24/h4-5,8,19-20,23-24,30H,2-3,6-7,9-18,21H2,1H3,(H,31,32,33). The number of piperidine rings is 1. The first-order valence-electron chi connectivity index (χ1n) is 14.6. The van der Waals surface area contributed by atoms with Crippen LogP contribution in [-0.4, -0.2) is 94.3 Å². The van der Waals surface area contributed by atoms with E-state index < -0.39 is 0 Å². The van der Waals surface area contributed by atoms with Crippen molar-refractivity contribution < 1.29 is 23.7 Å². The maximum atomic E-state index is 12.6. The van der Waals surface area contributed by atoms with Gasteiger partial charge in [0, 0.05) is 24.8 Å². The Morgan fingerprint density at radius 3 is 2.55 bits per heavy atom. The van der Waals surface area contributed by atoms with Crippen molar-refractivity contribution in [1.29, 1.82) is 0 Å². The fourth-order valence-corrected chi connectivity index (χ4v) is 5.42. The molecule has 0 spiro atoms. The Balaban J connectivity index is 1.03. The van der Waals surface area contributed by atoms with Crippen molar-refractivity contribution >= 4 is 29.0 Å². The molecule has 2 fully saturated rings. The summed E-state index contributed by atoms with van der Waals surface area (Å²) in [5.74, 6) is 2.11. The first-order chi connectivity index (χ1) is 19.7. The van der Waals surface area contributed by atoms with Crippen molar-refractivity contribution in [3.63, 3.8) is 0 Å². The molecular weight excluding hydrogens is 512 g/mol. The van der Waals surface area contributed by atoms with Gasteiger partial charge in [-0.05, 0) is 50.9 Å². The summed E-state index contributed by atoms with van der Waals surface area (Å²) in [6.07, 6.45) is 8.80. The Bertz CT molecular complexity index is 1090. The number of amides is 1. The van der Waals surface area contributed by atoms with E-state index in [9.17, 15) is 4.79 Å². The molecule has 1 saturated carbocycles. The molecule has 1 aromatic carbocycles. The SMILES string of the molecule is CN1C(=O)CN(C2CCCC2)c2nc(Nc3cccc(OCCOCCOCCOC4CCNCC4)c3)ncc21. The largest absolute Gasteiger partial charge is 0.491 e.